The van der Waals surface area contributed by atoms with E-state index in [1.165, 1.54) is 0 Å². The van der Waals surface area contributed by atoms with Gasteiger partial charge in [0.25, 0.3) is 0 Å². The summed E-state index contributed by atoms with van der Waals surface area (Å²) in [4.78, 5) is 12.3. The second-order valence-corrected chi connectivity index (χ2v) is 8.15. The minimum atomic E-state index is -0.954. The fourth-order valence-electron chi connectivity index (χ4n) is 5.68. The zero-order valence-electron chi connectivity index (χ0n) is 14.3. The highest BCUT2D eigenvalue weighted by Crippen LogP contribution is 2.62. The van der Waals surface area contributed by atoms with Gasteiger partial charge in [-0.3, -0.25) is 4.79 Å². The number of Topliss-reactive ketones (excluding diaryl/α,β-unsaturated/α-hetero) is 1. The van der Waals surface area contributed by atoms with Gasteiger partial charge in [-0.1, -0.05) is 37.3 Å². The van der Waals surface area contributed by atoms with Crippen LogP contribution in [0.3, 0.4) is 0 Å². The zero-order valence-corrected chi connectivity index (χ0v) is 14.3. The van der Waals surface area contributed by atoms with Crippen molar-refractivity contribution in [2.24, 2.45) is 29.6 Å². The van der Waals surface area contributed by atoms with Gasteiger partial charge in [-0.15, -0.1) is 0 Å². The lowest BCUT2D eigenvalue weighted by molar-refractivity contribution is -0.144. The van der Waals surface area contributed by atoms with E-state index in [-0.39, 0.29) is 41.5 Å². The number of ketones is 1. The molecule has 130 valence electrons. The Labute approximate surface area is 142 Å². The molecule has 0 radical (unpaired) electrons. The van der Waals surface area contributed by atoms with E-state index in [0.29, 0.717) is 19.4 Å². The summed E-state index contributed by atoms with van der Waals surface area (Å²) in [6.07, 6.45) is 0.455. The van der Waals surface area contributed by atoms with Crippen LogP contribution in [0.15, 0.2) is 30.3 Å². The summed E-state index contributed by atoms with van der Waals surface area (Å²) in [6.45, 7) is 4.33. The third-order valence-corrected chi connectivity index (χ3v) is 6.84. The van der Waals surface area contributed by atoms with E-state index in [0.717, 1.165) is 5.56 Å². The van der Waals surface area contributed by atoms with Gasteiger partial charge >= 0.3 is 0 Å². The second-order valence-electron chi connectivity index (χ2n) is 8.15. The highest BCUT2D eigenvalue weighted by atomic mass is 16.5. The molecular formula is C20H26O4. The number of hydrogen-bond donors (Lipinski definition) is 2. The van der Waals surface area contributed by atoms with Gasteiger partial charge < -0.3 is 14.9 Å². The SMILES string of the molecule is C[C@@H]1[C@@H](OCc2ccccc2)[C@@H]2[C@H](C[C@H]1O)[C@@H]1C(=O)C[C@H]2[C@]1(C)O. The van der Waals surface area contributed by atoms with Gasteiger partial charge in [-0.2, -0.15) is 0 Å². The molecule has 2 bridgehead atoms. The third kappa shape index (κ3) is 2.27. The quantitative estimate of drug-likeness (QED) is 0.891. The fraction of sp³-hybridized carbons (Fsp3) is 0.650. The van der Waals surface area contributed by atoms with E-state index in [1.807, 2.05) is 37.3 Å². The van der Waals surface area contributed by atoms with Crippen molar-refractivity contribution in [2.75, 3.05) is 0 Å². The zero-order chi connectivity index (χ0) is 17.1. The summed E-state index contributed by atoms with van der Waals surface area (Å²) >= 11 is 0. The summed E-state index contributed by atoms with van der Waals surface area (Å²) in [5, 5.41) is 21.4. The van der Waals surface area contributed by atoms with Crippen LogP contribution in [0.4, 0.5) is 0 Å². The van der Waals surface area contributed by atoms with Crippen molar-refractivity contribution in [3.63, 3.8) is 0 Å². The van der Waals surface area contributed by atoms with Gasteiger partial charge in [0.05, 0.1) is 24.4 Å². The predicted molar refractivity (Wildman–Crippen MR) is 89.0 cm³/mol. The van der Waals surface area contributed by atoms with Crippen LogP contribution in [-0.4, -0.2) is 33.8 Å². The normalized spacial score (nSPS) is 47.0. The highest BCUT2D eigenvalue weighted by Gasteiger charge is 2.68. The van der Waals surface area contributed by atoms with E-state index < -0.39 is 11.7 Å². The van der Waals surface area contributed by atoms with Crippen LogP contribution < -0.4 is 0 Å². The van der Waals surface area contributed by atoms with Crippen molar-refractivity contribution < 1.29 is 19.7 Å². The molecule has 4 heteroatoms. The number of aliphatic hydroxyl groups excluding tert-OH is 1. The molecule has 0 spiro atoms. The highest BCUT2D eigenvalue weighted by molar-refractivity contribution is 5.87. The summed E-state index contributed by atoms with van der Waals surface area (Å²) in [7, 11) is 0. The van der Waals surface area contributed by atoms with Crippen LogP contribution in [0.2, 0.25) is 0 Å². The molecule has 0 saturated heterocycles. The van der Waals surface area contributed by atoms with Crippen molar-refractivity contribution in [2.45, 2.75) is 51.1 Å². The Hall–Kier alpha value is -1.23. The maximum absolute atomic E-state index is 12.3. The summed E-state index contributed by atoms with van der Waals surface area (Å²) < 4.78 is 6.26. The van der Waals surface area contributed by atoms with Crippen LogP contribution in [-0.2, 0) is 16.1 Å². The summed E-state index contributed by atoms with van der Waals surface area (Å²) in [6, 6.07) is 10.0. The molecule has 3 aliphatic rings. The number of rotatable bonds is 3. The number of ether oxygens (including phenoxy) is 1. The minimum Gasteiger partial charge on any atom is -0.393 e. The average Bonchev–Trinajstić information content (AvgIpc) is 2.90. The van der Waals surface area contributed by atoms with Crippen molar-refractivity contribution in [3.8, 4) is 0 Å². The summed E-state index contributed by atoms with van der Waals surface area (Å²) in [5.74, 6) is -0.00809. The molecule has 4 nitrogen and oxygen atoms in total. The first-order chi connectivity index (χ1) is 11.4. The van der Waals surface area contributed by atoms with Crippen LogP contribution >= 0.6 is 0 Å². The lowest BCUT2D eigenvalue weighted by atomic mass is 9.65. The molecule has 8 atom stereocenters. The molecule has 0 aromatic heterocycles. The van der Waals surface area contributed by atoms with Crippen molar-refractivity contribution in [1.29, 1.82) is 0 Å². The van der Waals surface area contributed by atoms with E-state index in [1.54, 1.807) is 6.92 Å². The first-order valence-electron chi connectivity index (χ1n) is 9.00. The molecule has 0 heterocycles. The Bertz CT molecular complexity index is 626. The Morgan fingerprint density at radius 1 is 1.29 bits per heavy atom. The maximum atomic E-state index is 12.3. The molecule has 1 aromatic carbocycles. The number of hydrogen-bond acceptors (Lipinski definition) is 4. The fourth-order valence-corrected chi connectivity index (χ4v) is 5.68. The molecule has 0 amide bonds. The first-order valence-corrected chi connectivity index (χ1v) is 9.00. The van der Waals surface area contributed by atoms with Crippen LogP contribution in [0.1, 0.15) is 32.3 Å². The van der Waals surface area contributed by atoms with Crippen LogP contribution in [0.5, 0.6) is 0 Å². The summed E-state index contributed by atoms with van der Waals surface area (Å²) in [5.41, 5.74) is 0.150. The van der Waals surface area contributed by atoms with Gasteiger partial charge in [-0.25, -0.2) is 0 Å². The third-order valence-electron chi connectivity index (χ3n) is 6.84. The Morgan fingerprint density at radius 3 is 2.71 bits per heavy atom. The van der Waals surface area contributed by atoms with Gasteiger partial charge in [0, 0.05) is 24.2 Å². The van der Waals surface area contributed by atoms with E-state index in [9.17, 15) is 15.0 Å². The van der Waals surface area contributed by atoms with Gasteiger partial charge in [-0.05, 0) is 30.7 Å². The minimum absolute atomic E-state index is 0.0141. The molecule has 3 fully saturated rings. The average molecular weight is 330 g/mol. The van der Waals surface area contributed by atoms with Gasteiger partial charge in [0.15, 0.2) is 0 Å². The topological polar surface area (TPSA) is 66.8 Å². The van der Waals surface area contributed by atoms with E-state index >= 15 is 0 Å². The largest absolute Gasteiger partial charge is 0.393 e. The molecule has 1 aromatic rings. The molecule has 3 saturated carbocycles. The van der Waals surface area contributed by atoms with Gasteiger partial charge in [0.1, 0.15) is 5.78 Å². The second kappa shape index (κ2) is 5.65. The van der Waals surface area contributed by atoms with Gasteiger partial charge in [0.2, 0.25) is 0 Å². The number of aliphatic hydroxyl groups is 2. The van der Waals surface area contributed by atoms with E-state index in [2.05, 4.69) is 0 Å². The first kappa shape index (κ1) is 16.2. The number of carbonyl (C=O) groups excluding carboxylic acids is 1. The molecular weight excluding hydrogens is 304 g/mol. The standard InChI is InChI=1S/C20H26O4/c1-11-15(21)8-13-17(14-9-16(22)18(13)20(14,2)23)19(11)24-10-12-6-4-3-5-7-12/h3-7,11,13-15,17-19,21,23H,8-10H2,1-2H3/t11-,13-,14+,15+,17+,18+,19+,20-/m0/s1. The van der Waals surface area contributed by atoms with E-state index in [4.69, 9.17) is 4.74 Å². The lowest BCUT2D eigenvalue weighted by Crippen LogP contribution is -2.50. The van der Waals surface area contributed by atoms with Crippen LogP contribution in [0.25, 0.3) is 0 Å². The predicted octanol–water partition coefficient (Wildman–Crippen LogP) is 2.17. The maximum Gasteiger partial charge on any atom is 0.139 e. The van der Waals surface area contributed by atoms with Crippen molar-refractivity contribution >= 4 is 5.78 Å². The molecule has 2 N–H and O–H groups in total. The van der Waals surface area contributed by atoms with Crippen molar-refractivity contribution in [1.82, 2.24) is 0 Å². The Morgan fingerprint density at radius 2 is 2.00 bits per heavy atom. The lowest BCUT2D eigenvalue weighted by Gasteiger charge is -2.45. The molecule has 0 unspecified atom stereocenters. The molecule has 24 heavy (non-hydrogen) atoms. The molecule has 3 aliphatic carbocycles. The number of fused-ring (bicyclic) bond motifs is 5. The monoisotopic (exact) mass is 330 g/mol. The smallest absolute Gasteiger partial charge is 0.139 e. The molecule has 0 aliphatic heterocycles. The number of carbonyl (C=O) groups is 1. The van der Waals surface area contributed by atoms with Crippen LogP contribution in [0, 0.1) is 29.6 Å². The Kier molecular flexibility index (Phi) is 3.83. The number of benzene rings is 1. The Balaban J connectivity index is 1.60. The van der Waals surface area contributed by atoms with Crippen molar-refractivity contribution in [3.05, 3.63) is 35.9 Å². The molecule has 4 rings (SSSR count).